The largest absolute Gasteiger partial charge is 0.494 e. The number of nitrogens with zero attached hydrogens (tertiary/aromatic N) is 3. The first-order valence-corrected chi connectivity index (χ1v) is 10.8. The highest BCUT2D eigenvalue weighted by atomic mass is 79.9. The molecule has 0 N–H and O–H groups in total. The maximum Gasteiger partial charge on any atom is 0.260 e. The van der Waals surface area contributed by atoms with E-state index in [-0.39, 0.29) is 5.91 Å². The number of amides is 1. The Bertz CT molecular complexity index is 940. The Kier molecular flexibility index (Phi) is 7.04. The molecular weight excluding hydrogens is 438 g/mol. The van der Waals surface area contributed by atoms with Crippen LogP contribution in [-0.2, 0) is 0 Å². The molecule has 148 valence electrons. The summed E-state index contributed by atoms with van der Waals surface area (Å²) in [6.45, 7) is 4.07. The number of rotatable bonds is 8. The second kappa shape index (κ2) is 9.49. The molecule has 0 aliphatic rings. The van der Waals surface area contributed by atoms with E-state index in [2.05, 4.69) is 20.8 Å². The zero-order valence-corrected chi connectivity index (χ0v) is 18.7. The average Bonchev–Trinajstić information content (AvgIpc) is 3.08. The molecular formula is C21H24BrN3O2S. The molecule has 0 atom stereocenters. The Morgan fingerprint density at radius 3 is 2.57 bits per heavy atom. The van der Waals surface area contributed by atoms with Crippen molar-refractivity contribution in [2.75, 3.05) is 38.7 Å². The van der Waals surface area contributed by atoms with E-state index in [1.807, 2.05) is 63.5 Å². The molecule has 1 amide bonds. The van der Waals surface area contributed by atoms with E-state index in [4.69, 9.17) is 9.72 Å². The van der Waals surface area contributed by atoms with E-state index in [0.29, 0.717) is 18.7 Å². The molecule has 3 rings (SSSR count). The third kappa shape index (κ3) is 5.10. The van der Waals surface area contributed by atoms with Crippen molar-refractivity contribution in [1.29, 1.82) is 0 Å². The number of fused-ring (bicyclic) bond motifs is 1. The van der Waals surface area contributed by atoms with Gasteiger partial charge in [0.15, 0.2) is 5.13 Å². The summed E-state index contributed by atoms with van der Waals surface area (Å²) < 4.78 is 7.55. The molecule has 3 aromatic rings. The standard InChI is InChI=1S/C21H24BrN3O2S/c1-4-27-17-9-6-15(7-10-17)20(26)25(13-5-12-24(2)3)21-23-18-11-8-16(22)14-19(18)28-21/h6-11,14H,4-5,12-13H2,1-3H3. The molecule has 0 saturated heterocycles. The first-order chi connectivity index (χ1) is 13.5. The molecule has 0 unspecified atom stereocenters. The molecule has 0 bridgehead atoms. The van der Waals surface area contributed by atoms with Crippen molar-refractivity contribution in [1.82, 2.24) is 9.88 Å². The minimum absolute atomic E-state index is 0.0417. The van der Waals surface area contributed by atoms with Crippen LogP contribution in [-0.4, -0.2) is 49.6 Å². The average molecular weight is 462 g/mol. The van der Waals surface area contributed by atoms with Crippen molar-refractivity contribution in [3.63, 3.8) is 0 Å². The van der Waals surface area contributed by atoms with Gasteiger partial charge in [-0.1, -0.05) is 27.3 Å². The summed E-state index contributed by atoms with van der Waals surface area (Å²) in [5.41, 5.74) is 1.54. The van der Waals surface area contributed by atoms with Gasteiger partial charge in [0.1, 0.15) is 5.75 Å². The highest BCUT2D eigenvalue weighted by Gasteiger charge is 2.21. The summed E-state index contributed by atoms with van der Waals surface area (Å²) in [6, 6.07) is 13.3. The lowest BCUT2D eigenvalue weighted by Crippen LogP contribution is -2.33. The zero-order chi connectivity index (χ0) is 20.1. The van der Waals surface area contributed by atoms with Gasteiger partial charge in [-0.2, -0.15) is 0 Å². The third-order valence-electron chi connectivity index (χ3n) is 4.21. The molecule has 5 nitrogen and oxygen atoms in total. The molecule has 0 radical (unpaired) electrons. The molecule has 0 fully saturated rings. The van der Waals surface area contributed by atoms with Crippen LogP contribution in [0.15, 0.2) is 46.9 Å². The van der Waals surface area contributed by atoms with Crippen molar-refractivity contribution in [2.45, 2.75) is 13.3 Å². The predicted molar refractivity (Wildman–Crippen MR) is 120 cm³/mol. The molecule has 2 aromatic carbocycles. The maximum absolute atomic E-state index is 13.3. The molecule has 1 aromatic heterocycles. The zero-order valence-electron chi connectivity index (χ0n) is 16.3. The number of thiazole rings is 1. The number of carbonyl (C=O) groups is 1. The lowest BCUT2D eigenvalue weighted by molar-refractivity contribution is 0.0986. The fourth-order valence-corrected chi connectivity index (χ4v) is 4.39. The van der Waals surface area contributed by atoms with Gasteiger partial charge in [0.05, 0.1) is 16.8 Å². The summed E-state index contributed by atoms with van der Waals surface area (Å²) in [5.74, 6) is 0.725. The summed E-state index contributed by atoms with van der Waals surface area (Å²) >= 11 is 5.04. The number of hydrogen-bond donors (Lipinski definition) is 0. The SMILES string of the molecule is CCOc1ccc(C(=O)N(CCCN(C)C)c2nc3ccc(Br)cc3s2)cc1. The third-order valence-corrected chi connectivity index (χ3v) is 5.75. The minimum atomic E-state index is -0.0417. The van der Waals surface area contributed by atoms with Gasteiger partial charge >= 0.3 is 0 Å². The first kappa shape index (κ1) is 20.8. The van der Waals surface area contributed by atoms with Crippen LogP contribution >= 0.6 is 27.3 Å². The number of hydrogen-bond acceptors (Lipinski definition) is 5. The van der Waals surface area contributed by atoms with E-state index in [9.17, 15) is 4.79 Å². The quantitative estimate of drug-likeness (QED) is 0.470. The van der Waals surface area contributed by atoms with Gasteiger partial charge < -0.3 is 9.64 Å². The number of anilines is 1. The van der Waals surface area contributed by atoms with Crippen molar-refractivity contribution in [3.05, 3.63) is 52.5 Å². The number of ether oxygens (including phenoxy) is 1. The number of aromatic nitrogens is 1. The van der Waals surface area contributed by atoms with Gasteiger partial charge in [0.2, 0.25) is 0 Å². The molecule has 7 heteroatoms. The van der Waals surface area contributed by atoms with Crippen LogP contribution in [0.1, 0.15) is 23.7 Å². The lowest BCUT2D eigenvalue weighted by atomic mass is 10.2. The Labute approximate surface area is 178 Å². The van der Waals surface area contributed by atoms with Crippen LogP contribution in [0.2, 0.25) is 0 Å². The van der Waals surface area contributed by atoms with Gasteiger partial charge in [-0.3, -0.25) is 9.69 Å². The molecule has 28 heavy (non-hydrogen) atoms. The highest BCUT2D eigenvalue weighted by molar-refractivity contribution is 9.10. The van der Waals surface area contributed by atoms with Crippen molar-refractivity contribution >= 4 is 48.5 Å². The molecule has 1 heterocycles. The minimum Gasteiger partial charge on any atom is -0.494 e. The highest BCUT2D eigenvalue weighted by Crippen LogP contribution is 2.32. The van der Waals surface area contributed by atoms with E-state index in [1.165, 1.54) is 11.3 Å². The molecule has 0 aliphatic heterocycles. The molecule has 0 aliphatic carbocycles. The Morgan fingerprint density at radius 2 is 1.89 bits per heavy atom. The first-order valence-electron chi connectivity index (χ1n) is 9.23. The van der Waals surface area contributed by atoms with Crippen LogP contribution < -0.4 is 9.64 Å². The Balaban J connectivity index is 1.89. The van der Waals surface area contributed by atoms with Crippen LogP contribution in [0.3, 0.4) is 0 Å². The van der Waals surface area contributed by atoms with Crippen LogP contribution in [0.25, 0.3) is 10.2 Å². The Hall–Kier alpha value is -1.96. The van der Waals surface area contributed by atoms with Crippen molar-refractivity contribution < 1.29 is 9.53 Å². The predicted octanol–water partition coefficient (Wildman–Crippen LogP) is 5.06. The summed E-state index contributed by atoms with van der Waals surface area (Å²) in [5, 5.41) is 0.728. The summed E-state index contributed by atoms with van der Waals surface area (Å²) in [7, 11) is 4.07. The smallest absolute Gasteiger partial charge is 0.260 e. The number of carbonyl (C=O) groups excluding carboxylic acids is 1. The lowest BCUT2D eigenvalue weighted by Gasteiger charge is -2.21. The van der Waals surface area contributed by atoms with E-state index in [1.54, 1.807) is 4.90 Å². The summed E-state index contributed by atoms with van der Waals surface area (Å²) in [6.07, 6.45) is 0.870. The van der Waals surface area contributed by atoms with Gasteiger partial charge in [0, 0.05) is 16.6 Å². The van der Waals surface area contributed by atoms with E-state index < -0.39 is 0 Å². The summed E-state index contributed by atoms with van der Waals surface area (Å²) in [4.78, 5) is 21.9. The van der Waals surface area contributed by atoms with Crippen LogP contribution in [0.5, 0.6) is 5.75 Å². The van der Waals surface area contributed by atoms with Crippen molar-refractivity contribution in [2.24, 2.45) is 0 Å². The Morgan fingerprint density at radius 1 is 1.14 bits per heavy atom. The van der Waals surface area contributed by atoms with Gasteiger partial charge in [-0.15, -0.1) is 0 Å². The van der Waals surface area contributed by atoms with E-state index in [0.717, 1.165) is 38.5 Å². The van der Waals surface area contributed by atoms with Gasteiger partial charge in [-0.25, -0.2) is 4.98 Å². The van der Waals surface area contributed by atoms with E-state index >= 15 is 0 Å². The second-order valence-corrected chi connectivity index (χ2v) is 8.60. The fourth-order valence-electron chi connectivity index (χ4n) is 2.85. The molecule has 0 saturated carbocycles. The monoisotopic (exact) mass is 461 g/mol. The number of halogens is 1. The van der Waals surface area contributed by atoms with Crippen LogP contribution in [0, 0.1) is 0 Å². The van der Waals surface area contributed by atoms with Gasteiger partial charge in [-0.05, 0) is 76.4 Å². The topological polar surface area (TPSA) is 45.7 Å². The number of benzene rings is 2. The van der Waals surface area contributed by atoms with Crippen molar-refractivity contribution in [3.8, 4) is 5.75 Å². The second-order valence-electron chi connectivity index (χ2n) is 6.68. The molecule has 0 spiro atoms. The maximum atomic E-state index is 13.3. The fraction of sp³-hybridized carbons (Fsp3) is 0.333. The van der Waals surface area contributed by atoms with Crippen LogP contribution in [0.4, 0.5) is 5.13 Å². The normalized spacial score (nSPS) is 11.2. The van der Waals surface area contributed by atoms with Gasteiger partial charge in [0.25, 0.3) is 5.91 Å².